The first-order chi connectivity index (χ1) is 6.76. The number of anilines is 1. The first kappa shape index (κ1) is 9.68. The van der Waals surface area contributed by atoms with Crippen LogP contribution in [0.1, 0.15) is 15.9 Å². The molecular formula is C10H8BrNOS. The van der Waals surface area contributed by atoms with Crippen LogP contribution in [0, 0.1) is 0 Å². The topological polar surface area (TPSA) is 43.1 Å². The average molecular weight is 270 g/mol. The summed E-state index contributed by atoms with van der Waals surface area (Å²) in [6, 6.07) is 3.78. The number of carbonyl (C=O) groups is 1. The van der Waals surface area contributed by atoms with Crippen molar-refractivity contribution in [2.45, 2.75) is 5.33 Å². The molecule has 4 heteroatoms. The van der Waals surface area contributed by atoms with E-state index in [1.165, 1.54) is 0 Å². The number of alkyl halides is 1. The van der Waals surface area contributed by atoms with E-state index in [-0.39, 0.29) is 0 Å². The number of nitrogens with two attached hydrogens (primary N) is 1. The number of nitrogen functional groups attached to an aromatic ring is 1. The zero-order chi connectivity index (χ0) is 10.1. The number of thiophene rings is 1. The minimum Gasteiger partial charge on any atom is -0.399 e. The number of halogens is 1. The molecule has 2 nitrogen and oxygen atoms in total. The number of fused-ring (bicyclic) bond motifs is 1. The molecule has 0 saturated carbocycles. The summed E-state index contributed by atoms with van der Waals surface area (Å²) >= 11 is 4.99. The fourth-order valence-electron chi connectivity index (χ4n) is 1.44. The Balaban J connectivity index is 2.83. The second-order valence-corrected chi connectivity index (χ2v) is 4.44. The van der Waals surface area contributed by atoms with Gasteiger partial charge < -0.3 is 5.73 Å². The van der Waals surface area contributed by atoms with E-state index in [1.54, 1.807) is 11.3 Å². The summed E-state index contributed by atoms with van der Waals surface area (Å²) in [6.07, 6.45) is 0.871. The van der Waals surface area contributed by atoms with Crippen LogP contribution in [0.5, 0.6) is 0 Å². The molecule has 1 aromatic heterocycles. The van der Waals surface area contributed by atoms with Crippen molar-refractivity contribution in [2.24, 2.45) is 0 Å². The summed E-state index contributed by atoms with van der Waals surface area (Å²) < 4.78 is 1.14. The smallest absolute Gasteiger partial charge is 0.151 e. The molecule has 0 radical (unpaired) electrons. The molecule has 0 aliphatic rings. The Labute approximate surface area is 93.9 Å². The first-order valence-electron chi connectivity index (χ1n) is 4.07. The van der Waals surface area contributed by atoms with Gasteiger partial charge in [-0.25, -0.2) is 0 Å². The van der Waals surface area contributed by atoms with Gasteiger partial charge in [-0.3, -0.25) is 4.79 Å². The summed E-state index contributed by atoms with van der Waals surface area (Å²) in [6.45, 7) is 0. The summed E-state index contributed by atoms with van der Waals surface area (Å²) in [5.41, 5.74) is 8.31. The quantitative estimate of drug-likeness (QED) is 0.517. The van der Waals surface area contributed by atoms with Crippen molar-refractivity contribution >= 4 is 49.3 Å². The van der Waals surface area contributed by atoms with E-state index >= 15 is 0 Å². The fraction of sp³-hybridized carbons (Fsp3) is 0.100. The van der Waals surface area contributed by atoms with Gasteiger partial charge in [0.05, 0.1) is 0 Å². The van der Waals surface area contributed by atoms with E-state index < -0.39 is 0 Å². The molecule has 0 atom stereocenters. The van der Waals surface area contributed by atoms with Gasteiger partial charge in [-0.15, -0.1) is 11.3 Å². The summed E-state index contributed by atoms with van der Waals surface area (Å²) in [5.74, 6) is 0. The molecule has 0 unspecified atom stereocenters. The molecule has 0 amide bonds. The molecule has 0 saturated heterocycles. The third-order valence-corrected chi connectivity index (χ3v) is 3.77. The lowest BCUT2D eigenvalue weighted by Crippen LogP contribution is -1.88. The predicted octanol–water partition coefficient (Wildman–Crippen LogP) is 3.19. The van der Waals surface area contributed by atoms with Crippen LogP contribution in [0.3, 0.4) is 0 Å². The van der Waals surface area contributed by atoms with E-state index in [0.29, 0.717) is 5.69 Å². The SMILES string of the molecule is Nc1cc(CBr)c2scc(C=O)c2c1. The molecule has 1 heterocycles. The van der Waals surface area contributed by atoms with E-state index in [0.717, 1.165) is 32.8 Å². The highest BCUT2D eigenvalue weighted by Gasteiger charge is 2.07. The van der Waals surface area contributed by atoms with E-state index in [2.05, 4.69) is 15.9 Å². The zero-order valence-electron chi connectivity index (χ0n) is 7.29. The van der Waals surface area contributed by atoms with Crippen molar-refractivity contribution < 1.29 is 4.79 Å². The van der Waals surface area contributed by atoms with E-state index in [4.69, 9.17) is 5.73 Å². The number of hydrogen-bond acceptors (Lipinski definition) is 3. The molecule has 14 heavy (non-hydrogen) atoms. The molecule has 2 aromatic rings. The molecule has 0 spiro atoms. The van der Waals surface area contributed by atoms with Crippen molar-refractivity contribution in [3.63, 3.8) is 0 Å². The number of benzene rings is 1. The van der Waals surface area contributed by atoms with Crippen LogP contribution in [0.4, 0.5) is 5.69 Å². The Morgan fingerprint density at radius 1 is 1.50 bits per heavy atom. The largest absolute Gasteiger partial charge is 0.399 e. The maximum atomic E-state index is 10.7. The lowest BCUT2D eigenvalue weighted by atomic mass is 10.1. The van der Waals surface area contributed by atoms with Crippen LogP contribution in [-0.2, 0) is 5.33 Å². The van der Waals surface area contributed by atoms with Crippen LogP contribution in [0.25, 0.3) is 10.1 Å². The van der Waals surface area contributed by atoms with Gasteiger partial charge in [-0.2, -0.15) is 0 Å². The van der Waals surface area contributed by atoms with Gasteiger partial charge in [0.15, 0.2) is 6.29 Å². The van der Waals surface area contributed by atoms with Gasteiger partial charge in [-0.1, -0.05) is 15.9 Å². The summed E-state index contributed by atoms with van der Waals surface area (Å²) in [7, 11) is 0. The summed E-state index contributed by atoms with van der Waals surface area (Å²) in [5, 5.41) is 3.58. The highest BCUT2D eigenvalue weighted by molar-refractivity contribution is 9.08. The third-order valence-electron chi connectivity index (χ3n) is 2.07. The highest BCUT2D eigenvalue weighted by atomic mass is 79.9. The van der Waals surface area contributed by atoms with Gasteiger partial charge in [-0.05, 0) is 17.7 Å². The molecule has 1 aromatic carbocycles. The first-order valence-corrected chi connectivity index (χ1v) is 6.07. The molecular weight excluding hydrogens is 262 g/mol. The van der Waals surface area contributed by atoms with Gasteiger partial charge >= 0.3 is 0 Å². The molecule has 0 aliphatic heterocycles. The van der Waals surface area contributed by atoms with Crippen molar-refractivity contribution in [3.05, 3.63) is 28.6 Å². The minimum atomic E-state index is 0.702. The van der Waals surface area contributed by atoms with Gasteiger partial charge in [0.1, 0.15) is 0 Å². The Hall–Kier alpha value is -0.870. The Bertz CT molecular complexity index is 492. The van der Waals surface area contributed by atoms with Gasteiger partial charge in [0, 0.05) is 32.0 Å². The maximum Gasteiger partial charge on any atom is 0.151 e. The monoisotopic (exact) mass is 269 g/mol. The fourth-order valence-corrected chi connectivity index (χ4v) is 3.08. The Morgan fingerprint density at radius 3 is 2.93 bits per heavy atom. The number of aldehydes is 1. The maximum absolute atomic E-state index is 10.7. The van der Waals surface area contributed by atoms with Crippen LogP contribution in [0.2, 0.25) is 0 Å². The van der Waals surface area contributed by atoms with Gasteiger partial charge in [0.25, 0.3) is 0 Å². The van der Waals surface area contributed by atoms with E-state index in [9.17, 15) is 4.79 Å². The molecule has 0 fully saturated rings. The average Bonchev–Trinajstić information content (AvgIpc) is 2.59. The Morgan fingerprint density at radius 2 is 2.29 bits per heavy atom. The number of hydrogen-bond donors (Lipinski definition) is 1. The molecule has 72 valence electrons. The van der Waals surface area contributed by atoms with E-state index in [1.807, 2.05) is 17.5 Å². The van der Waals surface area contributed by atoms with Crippen molar-refractivity contribution in [3.8, 4) is 0 Å². The molecule has 2 N–H and O–H groups in total. The molecule has 0 bridgehead atoms. The normalized spacial score (nSPS) is 10.6. The minimum absolute atomic E-state index is 0.702. The van der Waals surface area contributed by atoms with Crippen molar-refractivity contribution in [1.29, 1.82) is 0 Å². The zero-order valence-corrected chi connectivity index (χ0v) is 9.69. The molecule has 2 rings (SSSR count). The lowest BCUT2D eigenvalue weighted by molar-refractivity contribution is 0.112. The van der Waals surface area contributed by atoms with Crippen LogP contribution < -0.4 is 5.73 Å². The predicted molar refractivity (Wildman–Crippen MR) is 64.3 cm³/mol. The Kier molecular flexibility index (Phi) is 2.56. The standard InChI is InChI=1S/C10H8BrNOS/c11-3-6-1-8(12)2-9-7(4-13)5-14-10(6)9/h1-2,4-5H,3,12H2. The second kappa shape index (κ2) is 3.71. The van der Waals surface area contributed by atoms with Crippen molar-refractivity contribution in [1.82, 2.24) is 0 Å². The lowest BCUT2D eigenvalue weighted by Gasteiger charge is -2.01. The molecule has 0 aliphatic carbocycles. The second-order valence-electron chi connectivity index (χ2n) is 3.00. The number of rotatable bonds is 2. The van der Waals surface area contributed by atoms with Crippen LogP contribution >= 0.6 is 27.3 Å². The summed E-state index contributed by atoms with van der Waals surface area (Å²) in [4.78, 5) is 10.7. The van der Waals surface area contributed by atoms with Crippen LogP contribution in [-0.4, -0.2) is 6.29 Å². The third kappa shape index (κ3) is 1.44. The van der Waals surface area contributed by atoms with Crippen LogP contribution in [0.15, 0.2) is 17.5 Å². The highest BCUT2D eigenvalue weighted by Crippen LogP contribution is 2.31. The van der Waals surface area contributed by atoms with Gasteiger partial charge in [0.2, 0.25) is 0 Å². The number of carbonyl (C=O) groups excluding carboxylic acids is 1. The van der Waals surface area contributed by atoms with Crippen molar-refractivity contribution in [2.75, 3.05) is 5.73 Å².